The van der Waals surface area contributed by atoms with E-state index in [4.69, 9.17) is 5.11 Å². The molecule has 0 amide bonds. The summed E-state index contributed by atoms with van der Waals surface area (Å²) in [6, 6.07) is 1.30. The summed E-state index contributed by atoms with van der Waals surface area (Å²) in [5, 5.41) is 8.94. The van der Waals surface area contributed by atoms with Gasteiger partial charge < -0.3 is 10.0 Å². The molecule has 0 saturated heterocycles. The van der Waals surface area contributed by atoms with Crippen molar-refractivity contribution in [3.8, 4) is 0 Å². The van der Waals surface area contributed by atoms with E-state index in [1.165, 1.54) is 25.7 Å². The molecule has 0 aromatic rings. The van der Waals surface area contributed by atoms with Crippen molar-refractivity contribution < 1.29 is 5.11 Å². The van der Waals surface area contributed by atoms with Gasteiger partial charge in [-0.25, -0.2) is 0 Å². The lowest BCUT2D eigenvalue weighted by Crippen LogP contribution is -2.50. The Labute approximate surface area is 87.7 Å². The van der Waals surface area contributed by atoms with Crippen LogP contribution in [-0.2, 0) is 0 Å². The summed E-state index contributed by atoms with van der Waals surface area (Å²) in [6.45, 7) is 1.07. The molecule has 1 saturated carbocycles. The van der Waals surface area contributed by atoms with Gasteiger partial charge in [-0.15, -0.1) is 0 Å². The predicted molar refractivity (Wildman–Crippen MR) is 59.4 cm³/mol. The van der Waals surface area contributed by atoms with E-state index in [0.29, 0.717) is 12.1 Å². The van der Waals surface area contributed by atoms with Crippen LogP contribution in [0.25, 0.3) is 0 Å². The SMILES string of the molecule is CN(C)C1CCCCC1N(C)CCO. The highest BCUT2D eigenvalue weighted by Crippen LogP contribution is 2.24. The normalized spacial score (nSPS) is 28.7. The van der Waals surface area contributed by atoms with Crippen molar-refractivity contribution in [1.29, 1.82) is 0 Å². The van der Waals surface area contributed by atoms with Crippen molar-refractivity contribution in [1.82, 2.24) is 9.80 Å². The number of nitrogens with zero attached hydrogens (tertiary/aromatic N) is 2. The molecule has 2 atom stereocenters. The fourth-order valence-electron chi connectivity index (χ4n) is 2.53. The standard InChI is InChI=1S/C11H24N2O/c1-12(2)10-6-4-5-7-11(10)13(3)8-9-14/h10-11,14H,4-9H2,1-3H3. The summed E-state index contributed by atoms with van der Waals surface area (Å²) in [7, 11) is 6.45. The molecule has 1 aliphatic rings. The third kappa shape index (κ3) is 2.94. The Morgan fingerprint density at radius 1 is 1.07 bits per heavy atom. The Balaban J connectivity index is 2.53. The summed E-state index contributed by atoms with van der Waals surface area (Å²) in [4.78, 5) is 4.64. The molecule has 0 aromatic carbocycles. The van der Waals surface area contributed by atoms with Gasteiger partial charge in [-0.2, -0.15) is 0 Å². The quantitative estimate of drug-likeness (QED) is 0.726. The van der Waals surface area contributed by atoms with Crippen LogP contribution < -0.4 is 0 Å². The first-order valence-electron chi connectivity index (χ1n) is 5.64. The fraction of sp³-hybridized carbons (Fsp3) is 1.00. The molecule has 3 nitrogen and oxygen atoms in total. The van der Waals surface area contributed by atoms with E-state index < -0.39 is 0 Å². The average molecular weight is 200 g/mol. The second-order valence-corrected chi connectivity index (χ2v) is 4.59. The fourth-order valence-corrected chi connectivity index (χ4v) is 2.53. The topological polar surface area (TPSA) is 26.7 Å². The maximum absolute atomic E-state index is 8.94. The number of aliphatic hydroxyl groups is 1. The number of aliphatic hydroxyl groups excluding tert-OH is 1. The lowest BCUT2D eigenvalue weighted by Gasteiger charge is -2.41. The zero-order valence-electron chi connectivity index (χ0n) is 9.74. The summed E-state index contributed by atoms with van der Waals surface area (Å²) < 4.78 is 0. The van der Waals surface area contributed by atoms with Crippen LogP contribution in [0.3, 0.4) is 0 Å². The highest BCUT2D eigenvalue weighted by molar-refractivity contribution is 4.86. The zero-order valence-corrected chi connectivity index (χ0v) is 9.74. The van der Waals surface area contributed by atoms with Gasteiger partial charge in [-0.3, -0.25) is 4.90 Å². The van der Waals surface area contributed by atoms with Gasteiger partial charge in [0.2, 0.25) is 0 Å². The summed E-state index contributed by atoms with van der Waals surface area (Å²) in [6.07, 6.45) is 5.27. The largest absolute Gasteiger partial charge is 0.395 e. The van der Waals surface area contributed by atoms with Crippen LogP contribution in [0.1, 0.15) is 25.7 Å². The molecule has 0 heterocycles. The van der Waals surface area contributed by atoms with Crippen molar-refractivity contribution in [2.45, 2.75) is 37.8 Å². The van der Waals surface area contributed by atoms with Crippen LogP contribution in [0.2, 0.25) is 0 Å². The molecule has 0 spiro atoms. The van der Waals surface area contributed by atoms with Crippen LogP contribution in [0.5, 0.6) is 0 Å². The monoisotopic (exact) mass is 200 g/mol. The van der Waals surface area contributed by atoms with E-state index >= 15 is 0 Å². The minimum atomic E-state index is 0.271. The van der Waals surface area contributed by atoms with Crippen molar-refractivity contribution in [2.75, 3.05) is 34.3 Å². The molecule has 2 unspecified atom stereocenters. The highest BCUT2D eigenvalue weighted by atomic mass is 16.3. The summed E-state index contributed by atoms with van der Waals surface area (Å²) >= 11 is 0. The van der Waals surface area contributed by atoms with E-state index in [1.54, 1.807) is 0 Å². The van der Waals surface area contributed by atoms with Gasteiger partial charge >= 0.3 is 0 Å². The molecule has 3 heteroatoms. The summed E-state index contributed by atoms with van der Waals surface area (Å²) in [5.74, 6) is 0. The second-order valence-electron chi connectivity index (χ2n) is 4.59. The van der Waals surface area contributed by atoms with Crippen LogP contribution in [-0.4, -0.2) is 61.3 Å². The van der Waals surface area contributed by atoms with Gasteiger partial charge in [0.05, 0.1) is 6.61 Å². The average Bonchev–Trinajstić information content (AvgIpc) is 2.18. The molecular weight excluding hydrogens is 176 g/mol. The smallest absolute Gasteiger partial charge is 0.0558 e. The number of hydrogen-bond acceptors (Lipinski definition) is 3. The van der Waals surface area contributed by atoms with Crippen LogP contribution in [0, 0.1) is 0 Å². The maximum atomic E-state index is 8.94. The molecule has 0 bridgehead atoms. The van der Waals surface area contributed by atoms with Gasteiger partial charge in [0, 0.05) is 18.6 Å². The minimum Gasteiger partial charge on any atom is -0.395 e. The van der Waals surface area contributed by atoms with Gasteiger partial charge in [-0.05, 0) is 34.0 Å². The van der Waals surface area contributed by atoms with Gasteiger partial charge in [0.25, 0.3) is 0 Å². The molecule has 0 aliphatic heterocycles. The van der Waals surface area contributed by atoms with E-state index in [9.17, 15) is 0 Å². The molecule has 1 fully saturated rings. The van der Waals surface area contributed by atoms with Gasteiger partial charge in [0.15, 0.2) is 0 Å². The predicted octanol–water partition coefficient (Wildman–Crippen LogP) is 0.783. The first-order chi connectivity index (χ1) is 6.66. The summed E-state index contributed by atoms with van der Waals surface area (Å²) in [5.41, 5.74) is 0. The van der Waals surface area contributed by atoms with Crippen LogP contribution >= 0.6 is 0 Å². The third-order valence-corrected chi connectivity index (χ3v) is 3.38. The minimum absolute atomic E-state index is 0.271. The molecule has 1 aliphatic carbocycles. The molecule has 0 radical (unpaired) electrons. The van der Waals surface area contributed by atoms with E-state index in [0.717, 1.165) is 6.54 Å². The number of likely N-dealkylation sites (N-methyl/N-ethyl adjacent to an activating group) is 2. The molecule has 14 heavy (non-hydrogen) atoms. The highest BCUT2D eigenvalue weighted by Gasteiger charge is 2.29. The van der Waals surface area contributed by atoms with Gasteiger partial charge in [0.1, 0.15) is 0 Å². The number of hydrogen-bond donors (Lipinski definition) is 1. The molecule has 1 rings (SSSR count). The Bertz CT molecular complexity index is 161. The second kappa shape index (κ2) is 5.69. The number of rotatable bonds is 4. The van der Waals surface area contributed by atoms with Crippen molar-refractivity contribution in [3.05, 3.63) is 0 Å². The first-order valence-corrected chi connectivity index (χ1v) is 5.64. The lowest BCUT2D eigenvalue weighted by atomic mass is 9.88. The van der Waals surface area contributed by atoms with E-state index in [-0.39, 0.29) is 6.61 Å². The Morgan fingerprint density at radius 2 is 1.64 bits per heavy atom. The van der Waals surface area contributed by atoms with Crippen LogP contribution in [0.15, 0.2) is 0 Å². The van der Waals surface area contributed by atoms with Crippen molar-refractivity contribution in [2.24, 2.45) is 0 Å². The van der Waals surface area contributed by atoms with E-state index in [2.05, 4.69) is 30.9 Å². The molecule has 0 aromatic heterocycles. The lowest BCUT2D eigenvalue weighted by molar-refractivity contribution is 0.0792. The molecule has 1 N–H and O–H groups in total. The van der Waals surface area contributed by atoms with Crippen molar-refractivity contribution >= 4 is 0 Å². The molecule has 84 valence electrons. The maximum Gasteiger partial charge on any atom is 0.0558 e. The van der Waals surface area contributed by atoms with Gasteiger partial charge in [-0.1, -0.05) is 12.8 Å². The van der Waals surface area contributed by atoms with Crippen LogP contribution in [0.4, 0.5) is 0 Å². The third-order valence-electron chi connectivity index (χ3n) is 3.38. The van der Waals surface area contributed by atoms with E-state index in [1.807, 2.05) is 0 Å². The first kappa shape index (κ1) is 12.0. The Hall–Kier alpha value is -0.120. The van der Waals surface area contributed by atoms with Crippen molar-refractivity contribution in [3.63, 3.8) is 0 Å². The Morgan fingerprint density at radius 3 is 2.14 bits per heavy atom. The molecular formula is C11H24N2O. The zero-order chi connectivity index (χ0) is 10.6. The Kier molecular flexibility index (Phi) is 4.85.